The summed E-state index contributed by atoms with van der Waals surface area (Å²) in [6, 6.07) is 11.1. The Kier molecular flexibility index (Phi) is 3.01. The summed E-state index contributed by atoms with van der Waals surface area (Å²) in [7, 11) is 0. The van der Waals surface area contributed by atoms with Crippen LogP contribution in [0.25, 0.3) is 5.69 Å². The van der Waals surface area contributed by atoms with Crippen molar-refractivity contribution in [2.45, 2.75) is 34.6 Å². The molecule has 0 bridgehead atoms. The van der Waals surface area contributed by atoms with E-state index in [2.05, 4.69) is 69.5 Å². The summed E-state index contributed by atoms with van der Waals surface area (Å²) in [6.07, 6.45) is 0. The first-order valence-electron chi connectivity index (χ1n) is 6.06. The van der Waals surface area contributed by atoms with E-state index < -0.39 is 0 Å². The number of pyridine rings is 1. The van der Waals surface area contributed by atoms with Crippen LogP contribution < -0.4 is 4.57 Å². The number of rotatable bonds is 1. The molecule has 0 amide bonds. The van der Waals surface area contributed by atoms with Crippen LogP contribution in [0.4, 0.5) is 0 Å². The van der Waals surface area contributed by atoms with E-state index in [4.69, 9.17) is 0 Å². The highest BCUT2D eigenvalue weighted by Crippen LogP contribution is 2.12. The van der Waals surface area contributed by atoms with Gasteiger partial charge in [-0.3, -0.25) is 0 Å². The van der Waals surface area contributed by atoms with Crippen LogP contribution in [0, 0.1) is 34.6 Å². The summed E-state index contributed by atoms with van der Waals surface area (Å²) < 4.78 is 2.30. The predicted molar refractivity (Wildman–Crippen MR) is 71.7 cm³/mol. The van der Waals surface area contributed by atoms with Crippen LogP contribution >= 0.6 is 0 Å². The molecule has 0 N–H and O–H groups in total. The van der Waals surface area contributed by atoms with Gasteiger partial charge in [-0.05, 0) is 37.5 Å². The van der Waals surface area contributed by atoms with Gasteiger partial charge in [0.05, 0.1) is 0 Å². The molecule has 17 heavy (non-hydrogen) atoms. The van der Waals surface area contributed by atoms with Crippen molar-refractivity contribution in [2.75, 3.05) is 0 Å². The first-order chi connectivity index (χ1) is 7.99. The van der Waals surface area contributed by atoms with Crippen LogP contribution in [0.3, 0.4) is 0 Å². The van der Waals surface area contributed by atoms with Gasteiger partial charge >= 0.3 is 0 Å². The van der Waals surface area contributed by atoms with Crippen molar-refractivity contribution < 1.29 is 4.57 Å². The van der Waals surface area contributed by atoms with Crippen LogP contribution in [-0.4, -0.2) is 0 Å². The third-order valence-electron chi connectivity index (χ3n) is 3.33. The van der Waals surface area contributed by atoms with E-state index in [1.807, 2.05) is 0 Å². The molecule has 0 aliphatic rings. The molecular weight excluding hydrogens is 206 g/mol. The summed E-state index contributed by atoms with van der Waals surface area (Å²) >= 11 is 0. The molecule has 0 saturated carbocycles. The smallest absolute Gasteiger partial charge is 0.162 e. The Hall–Kier alpha value is -1.63. The minimum absolute atomic E-state index is 1.25. The molecule has 0 unspecified atom stereocenters. The van der Waals surface area contributed by atoms with Gasteiger partial charge in [0.1, 0.15) is 0 Å². The van der Waals surface area contributed by atoms with Crippen molar-refractivity contribution in [3.63, 3.8) is 0 Å². The number of nitrogens with zero attached hydrogens (tertiary/aromatic N) is 1. The van der Waals surface area contributed by atoms with Crippen LogP contribution in [0.5, 0.6) is 0 Å². The highest BCUT2D eigenvalue weighted by atomic mass is 15.0. The number of hydrogen-bond donors (Lipinski definition) is 0. The summed E-state index contributed by atoms with van der Waals surface area (Å²) in [4.78, 5) is 0. The Balaban J connectivity index is 2.64. The first kappa shape index (κ1) is 11.8. The van der Waals surface area contributed by atoms with Gasteiger partial charge < -0.3 is 0 Å². The Morgan fingerprint density at radius 2 is 1.29 bits per heavy atom. The largest absolute Gasteiger partial charge is 0.211 e. The molecule has 0 spiro atoms. The lowest BCUT2D eigenvalue weighted by Crippen LogP contribution is -2.37. The Morgan fingerprint density at radius 1 is 0.706 bits per heavy atom. The summed E-state index contributed by atoms with van der Waals surface area (Å²) in [5.74, 6) is 0. The molecule has 1 heteroatoms. The van der Waals surface area contributed by atoms with Crippen molar-refractivity contribution in [1.29, 1.82) is 0 Å². The lowest BCUT2D eigenvalue weighted by molar-refractivity contribution is -0.609. The topological polar surface area (TPSA) is 3.88 Å². The standard InChI is InChI=1S/C16H20N/c1-11-8-14(4)17(15(5)9-11)16-7-6-12(2)13(3)10-16/h6-10H,1-5H3/q+1. The second kappa shape index (κ2) is 4.33. The summed E-state index contributed by atoms with van der Waals surface area (Å²) in [5, 5.41) is 0. The van der Waals surface area contributed by atoms with E-state index in [9.17, 15) is 0 Å². The lowest BCUT2D eigenvalue weighted by atomic mass is 10.1. The average molecular weight is 226 g/mol. The van der Waals surface area contributed by atoms with Crippen molar-refractivity contribution in [2.24, 2.45) is 0 Å². The van der Waals surface area contributed by atoms with Gasteiger partial charge in [0, 0.05) is 38.1 Å². The third-order valence-corrected chi connectivity index (χ3v) is 3.33. The fourth-order valence-corrected chi connectivity index (χ4v) is 2.38. The summed E-state index contributed by atoms with van der Waals surface area (Å²) in [6.45, 7) is 10.8. The van der Waals surface area contributed by atoms with Gasteiger partial charge in [0.2, 0.25) is 5.69 Å². The van der Waals surface area contributed by atoms with Gasteiger partial charge in [-0.2, -0.15) is 4.57 Å². The van der Waals surface area contributed by atoms with Crippen LogP contribution in [0.2, 0.25) is 0 Å². The van der Waals surface area contributed by atoms with Crippen molar-refractivity contribution in [1.82, 2.24) is 0 Å². The molecule has 2 rings (SSSR count). The minimum atomic E-state index is 1.25. The first-order valence-corrected chi connectivity index (χ1v) is 6.06. The molecule has 1 heterocycles. The number of benzene rings is 1. The molecule has 1 nitrogen and oxygen atoms in total. The van der Waals surface area contributed by atoms with Crippen molar-refractivity contribution in [3.05, 3.63) is 58.4 Å². The molecule has 0 saturated heterocycles. The van der Waals surface area contributed by atoms with E-state index in [-0.39, 0.29) is 0 Å². The quantitative estimate of drug-likeness (QED) is 0.655. The maximum absolute atomic E-state index is 2.30. The van der Waals surface area contributed by atoms with Gasteiger partial charge in [-0.15, -0.1) is 0 Å². The molecule has 0 aliphatic carbocycles. The van der Waals surface area contributed by atoms with Gasteiger partial charge in [-0.25, -0.2) is 0 Å². The van der Waals surface area contributed by atoms with E-state index in [0.29, 0.717) is 0 Å². The second-order valence-electron chi connectivity index (χ2n) is 4.92. The van der Waals surface area contributed by atoms with E-state index in [1.165, 1.54) is 33.8 Å². The normalized spacial score (nSPS) is 10.6. The third kappa shape index (κ3) is 2.23. The van der Waals surface area contributed by atoms with Gasteiger partial charge in [-0.1, -0.05) is 6.07 Å². The van der Waals surface area contributed by atoms with Crippen LogP contribution in [0.15, 0.2) is 30.3 Å². The zero-order valence-corrected chi connectivity index (χ0v) is 11.3. The maximum atomic E-state index is 2.30. The zero-order chi connectivity index (χ0) is 12.6. The van der Waals surface area contributed by atoms with E-state index >= 15 is 0 Å². The van der Waals surface area contributed by atoms with Crippen LogP contribution in [-0.2, 0) is 0 Å². The summed E-state index contributed by atoms with van der Waals surface area (Å²) in [5.41, 5.74) is 7.82. The SMILES string of the molecule is Cc1cc(C)[n+](-c2ccc(C)c(C)c2)c(C)c1. The molecule has 0 radical (unpaired) electrons. The molecule has 1 aromatic carbocycles. The molecule has 0 aliphatic heterocycles. The number of aromatic nitrogens is 1. The number of aryl methyl sites for hydroxylation is 5. The highest BCUT2D eigenvalue weighted by Gasteiger charge is 2.15. The zero-order valence-electron chi connectivity index (χ0n) is 11.3. The Bertz CT molecular complexity index is 545. The van der Waals surface area contributed by atoms with Crippen molar-refractivity contribution in [3.8, 4) is 5.69 Å². The highest BCUT2D eigenvalue weighted by molar-refractivity contribution is 5.35. The fraction of sp³-hybridized carbons (Fsp3) is 0.312. The molecule has 1 aromatic heterocycles. The lowest BCUT2D eigenvalue weighted by Gasteiger charge is -2.06. The monoisotopic (exact) mass is 226 g/mol. The number of hydrogen-bond acceptors (Lipinski definition) is 0. The van der Waals surface area contributed by atoms with E-state index in [1.54, 1.807) is 0 Å². The maximum Gasteiger partial charge on any atom is 0.211 e. The molecular formula is C16H20N+. The van der Waals surface area contributed by atoms with Gasteiger partial charge in [0.15, 0.2) is 11.4 Å². The van der Waals surface area contributed by atoms with Crippen LogP contribution in [0.1, 0.15) is 28.1 Å². The molecule has 0 atom stereocenters. The molecule has 88 valence electrons. The fourth-order valence-electron chi connectivity index (χ4n) is 2.38. The molecule has 2 aromatic rings. The Morgan fingerprint density at radius 3 is 1.82 bits per heavy atom. The van der Waals surface area contributed by atoms with Crippen molar-refractivity contribution >= 4 is 0 Å². The Labute approximate surface area is 104 Å². The second-order valence-corrected chi connectivity index (χ2v) is 4.92. The molecule has 0 fully saturated rings. The van der Waals surface area contributed by atoms with Gasteiger partial charge in [0.25, 0.3) is 0 Å². The average Bonchev–Trinajstić information content (AvgIpc) is 2.21. The van der Waals surface area contributed by atoms with E-state index in [0.717, 1.165) is 0 Å². The predicted octanol–water partition coefficient (Wildman–Crippen LogP) is 3.51. The minimum Gasteiger partial charge on any atom is -0.162 e.